The van der Waals surface area contributed by atoms with Gasteiger partial charge in [0.2, 0.25) is 0 Å². The molecule has 14 heteroatoms. The van der Waals surface area contributed by atoms with Gasteiger partial charge in [-0.3, -0.25) is 18.6 Å². The van der Waals surface area contributed by atoms with E-state index in [2.05, 4.69) is 74.6 Å². The zero-order valence-corrected chi connectivity index (χ0v) is 37.4. The largest absolute Gasteiger partial charge is 0.472 e. The Kier molecular flexibility index (Phi) is 33.4. The van der Waals surface area contributed by atoms with E-state index >= 15 is 0 Å². The Hall–Kier alpha value is -2.45. The summed E-state index contributed by atoms with van der Waals surface area (Å²) >= 11 is 0. The fourth-order valence-corrected chi connectivity index (χ4v) is 7.34. The van der Waals surface area contributed by atoms with E-state index in [1.807, 2.05) is 0 Å². The van der Waals surface area contributed by atoms with Crippen molar-refractivity contribution in [2.24, 2.45) is 0 Å². The molecule has 0 aliphatic heterocycles. The van der Waals surface area contributed by atoms with Gasteiger partial charge in [0.15, 0.2) is 6.10 Å². The van der Waals surface area contributed by atoms with Crippen LogP contribution >= 0.6 is 7.82 Å². The van der Waals surface area contributed by atoms with E-state index in [1.165, 1.54) is 32.1 Å². The third-order valence-corrected chi connectivity index (χ3v) is 11.1. The Morgan fingerprint density at radius 3 is 1.42 bits per heavy atom. The first-order valence-electron chi connectivity index (χ1n) is 22.6. The van der Waals surface area contributed by atoms with Crippen molar-refractivity contribution in [1.29, 1.82) is 0 Å². The summed E-state index contributed by atoms with van der Waals surface area (Å²) in [5.74, 6) is -1.15. The molecule has 0 saturated heterocycles. The minimum atomic E-state index is -5.13. The molecule has 13 nitrogen and oxygen atoms in total. The molecule has 346 valence electrons. The number of carbonyl (C=O) groups excluding carboxylic acids is 2. The predicted molar refractivity (Wildman–Crippen MR) is 235 cm³/mol. The Labute approximate surface area is 360 Å². The smallest absolute Gasteiger partial charge is 0.462 e. The highest BCUT2D eigenvalue weighted by Gasteiger charge is 2.51. The second-order valence-corrected chi connectivity index (χ2v) is 16.9. The molecule has 0 aromatic heterocycles. The van der Waals surface area contributed by atoms with Crippen molar-refractivity contribution in [2.75, 3.05) is 13.2 Å². The van der Waals surface area contributed by atoms with Gasteiger partial charge in [-0.05, 0) is 77.0 Å². The molecule has 0 heterocycles. The van der Waals surface area contributed by atoms with Crippen LogP contribution in [0.2, 0.25) is 0 Å². The number of unbranched alkanes of at least 4 members (excludes halogenated alkanes) is 14. The molecule has 60 heavy (non-hydrogen) atoms. The standard InChI is InChI=1S/C46H79O13P/c1-3-5-7-9-11-13-15-17-19-20-21-23-25-27-29-31-33-35-40(48)58-38(37-57-60(54,55)59-46-44(52)42(50)41(49)43(51)45(46)53)36-56-39(47)34-32-30-28-26-24-22-18-16-14-12-10-8-6-4-2/h10-13,16-19,21,23,38,41-46,49-53H,3-9,14-15,20,22,24-37H2,1-2H3,(H,54,55)/b12-10+,13-11+,18-16+,19-17+,23-21+/t38-,41?,42-,43?,44?,45?,46?/m1/s1. The van der Waals surface area contributed by atoms with Crippen LogP contribution in [0.3, 0.4) is 0 Å². The number of aliphatic hydroxyl groups excluding tert-OH is 5. The maximum atomic E-state index is 12.8. The second kappa shape index (κ2) is 36.1. The molecule has 6 N–H and O–H groups in total. The summed E-state index contributed by atoms with van der Waals surface area (Å²) in [6.07, 6.45) is 29.8. The van der Waals surface area contributed by atoms with Crippen LogP contribution in [0.25, 0.3) is 0 Å². The van der Waals surface area contributed by atoms with Crippen LogP contribution in [0, 0.1) is 0 Å². The van der Waals surface area contributed by atoms with Crippen LogP contribution in [0.5, 0.6) is 0 Å². The van der Waals surface area contributed by atoms with Crippen LogP contribution in [0.15, 0.2) is 60.8 Å². The van der Waals surface area contributed by atoms with Crippen LogP contribution in [-0.2, 0) is 32.7 Å². The number of phosphoric acid groups is 1. The van der Waals surface area contributed by atoms with Crippen molar-refractivity contribution in [3.63, 3.8) is 0 Å². The van der Waals surface area contributed by atoms with Crippen molar-refractivity contribution in [2.45, 2.75) is 204 Å². The molecule has 1 saturated carbocycles. The highest BCUT2D eigenvalue weighted by Crippen LogP contribution is 2.47. The summed E-state index contributed by atoms with van der Waals surface area (Å²) < 4.78 is 33.5. The Morgan fingerprint density at radius 2 is 0.917 bits per heavy atom. The van der Waals surface area contributed by atoms with Gasteiger partial charge >= 0.3 is 19.8 Å². The van der Waals surface area contributed by atoms with Crippen molar-refractivity contribution in [3.8, 4) is 0 Å². The molecular weight excluding hydrogens is 791 g/mol. The fourth-order valence-electron chi connectivity index (χ4n) is 6.37. The third kappa shape index (κ3) is 28.2. The topological polar surface area (TPSA) is 210 Å². The van der Waals surface area contributed by atoms with Gasteiger partial charge < -0.3 is 39.9 Å². The lowest BCUT2D eigenvalue weighted by Gasteiger charge is -2.41. The van der Waals surface area contributed by atoms with Crippen LogP contribution < -0.4 is 0 Å². The van der Waals surface area contributed by atoms with Crippen LogP contribution in [0.4, 0.5) is 0 Å². The first kappa shape index (κ1) is 55.6. The quantitative estimate of drug-likeness (QED) is 0.0151. The molecule has 1 aliphatic carbocycles. The normalized spacial score (nSPS) is 22.7. The number of carbonyl (C=O) groups is 2. The Balaban J connectivity index is 2.51. The van der Waals surface area contributed by atoms with Gasteiger partial charge in [-0.15, -0.1) is 0 Å². The molecule has 0 bridgehead atoms. The highest BCUT2D eigenvalue weighted by molar-refractivity contribution is 7.47. The zero-order chi connectivity index (χ0) is 44.3. The molecular formula is C46H79O13P. The molecule has 0 radical (unpaired) electrons. The van der Waals surface area contributed by atoms with E-state index in [9.17, 15) is 44.6 Å². The lowest BCUT2D eigenvalue weighted by Crippen LogP contribution is -2.64. The van der Waals surface area contributed by atoms with Crippen molar-refractivity contribution < 1.29 is 63.1 Å². The monoisotopic (exact) mass is 871 g/mol. The minimum absolute atomic E-state index is 0.0653. The van der Waals surface area contributed by atoms with E-state index in [-0.39, 0.29) is 12.8 Å². The first-order valence-corrected chi connectivity index (χ1v) is 24.1. The van der Waals surface area contributed by atoms with E-state index in [0.717, 1.165) is 89.9 Å². The van der Waals surface area contributed by atoms with Gasteiger partial charge in [-0.1, -0.05) is 132 Å². The maximum Gasteiger partial charge on any atom is 0.472 e. The molecule has 1 fully saturated rings. The summed E-state index contributed by atoms with van der Waals surface area (Å²) in [4.78, 5) is 35.7. The molecule has 1 rings (SSSR count). The van der Waals surface area contributed by atoms with Crippen molar-refractivity contribution in [3.05, 3.63) is 60.8 Å². The average Bonchev–Trinajstić information content (AvgIpc) is 3.23. The molecule has 0 amide bonds. The number of hydrogen-bond donors (Lipinski definition) is 6. The molecule has 0 aromatic rings. The zero-order valence-electron chi connectivity index (χ0n) is 36.5. The highest BCUT2D eigenvalue weighted by atomic mass is 31.2. The molecule has 1 aliphatic rings. The van der Waals surface area contributed by atoms with Crippen molar-refractivity contribution >= 4 is 19.8 Å². The fraction of sp³-hybridized carbons (Fsp3) is 0.739. The van der Waals surface area contributed by atoms with E-state index < -0.39 is 75.7 Å². The lowest BCUT2D eigenvalue weighted by atomic mass is 9.85. The minimum Gasteiger partial charge on any atom is -0.462 e. The summed E-state index contributed by atoms with van der Waals surface area (Å²) in [6, 6.07) is 0. The molecule has 8 atom stereocenters. The number of ether oxygens (including phenoxy) is 2. The number of allylic oxidation sites excluding steroid dienone is 10. The van der Waals surface area contributed by atoms with E-state index in [1.54, 1.807) is 0 Å². The summed E-state index contributed by atoms with van der Waals surface area (Å²) in [6.45, 7) is 3.18. The number of hydrogen-bond acceptors (Lipinski definition) is 12. The van der Waals surface area contributed by atoms with Gasteiger partial charge in [0.25, 0.3) is 0 Å². The average molecular weight is 871 g/mol. The SMILES string of the molecule is CCCC/C=C/C/C=C/CCCCCCCC(=O)OC[C@H](COP(=O)(O)OC1C(O)C(O)C(O)[C@@H](O)C1O)OC(=O)CCCCCC/C=C/C/C=C/C/C=C/CCCCC. The number of rotatable bonds is 36. The summed E-state index contributed by atoms with van der Waals surface area (Å²) in [5, 5.41) is 50.1. The number of phosphoric ester groups is 1. The third-order valence-electron chi connectivity index (χ3n) is 10.1. The number of aliphatic hydroxyl groups is 5. The predicted octanol–water partition coefficient (Wildman–Crippen LogP) is 8.55. The van der Waals surface area contributed by atoms with Gasteiger partial charge in [-0.25, -0.2) is 4.57 Å². The maximum absolute atomic E-state index is 12.8. The lowest BCUT2D eigenvalue weighted by molar-refractivity contribution is -0.220. The van der Waals surface area contributed by atoms with E-state index in [4.69, 9.17) is 18.5 Å². The first-order chi connectivity index (χ1) is 28.9. The van der Waals surface area contributed by atoms with Crippen molar-refractivity contribution in [1.82, 2.24) is 0 Å². The van der Waals surface area contributed by atoms with E-state index in [0.29, 0.717) is 12.8 Å². The summed E-state index contributed by atoms with van der Waals surface area (Å²) in [7, 11) is -5.13. The van der Waals surface area contributed by atoms with Gasteiger partial charge in [-0.2, -0.15) is 0 Å². The van der Waals surface area contributed by atoms with Gasteiger partial charge in [0.05, 0.1) is 6.61 Å². The second-order valence-electron chi connectivity index (χ2n) is 15.5. The Morgan fingerprint density at radius 1 is 0.517 bits per heavy atom. The van der Waals surface area contributed by atoms with Gasteiger partial charge in [0, 0.05) is 12.8 Å². The summed E-state index contributed by atoms with van der Waals surface area (Å²) in [5.41, 5.74) is 0. The molecule has 0 aromatic carbocycles. The van der Waals surface area contributed by atoms with Crippen LogP contribution in [-0.4, -0.2) is 98.3 Å². The Bertz CT molecular complexity index is 1280. The van der Waals surface area contributed by atoms with Gasteiger partial charge in [0.1, 0.15) is 43.2 Å². The number of esters is 2. The molecule has 0 spiro atoms. The van der Waals surface area contributed by atoms with Crippen LogP contribution in [0.1, 0.15) is 162 Å². The molecule has 6 unspecified atom stereocenters.